The quantitative estimate of drug-likeness (QED) is 0.390. The first-order valence-corrected chi connectivity index (χ1v) is 12.1. The third-order valence-electron chi connectivity index (χ3n) is 8.14. The van der Waals surface area contributed by atoms with E-state index in [1.165, 1.54) is 5.57 Å². The Balaban J connectivity index is 1.66. The van der Waals surface area contributed by atoms with Gasteiger partial charge in [-0.2, -0.15) is 0 Å². The maximum atomic E-state index is 12.5. The number of cyclic esters (lactones) is 1. The summed E-state index contributed by atoms with van der Waals surface area (Å²) in [5.74, 6) is 0.158. The molecule has 31 heavy (non-hydrogen) atoms. The van der Waals surface area contributed by atoms with Crippen molar-refractivity contribution < 1.29 is 19.7 Å². The van der Waals surface area contributed by atoms with Crippen molar-refractivity contribution in [2.75, 3.05) is 13.2 Å². The zero-order valence-corrected chi connectivity index (χ0v) is 19.2. The maximum absolute atomic E-state index is 12.5. The summed E-state index contributed by atoms with van der Waals surface area (Å²) in [7, 11) is 0. The predicted octanol–water partition coefficient (Wildman–Crippen LogP) is 4.16. The minimum absolute atomic E-state index is 0.0167. The van der Waals surface area contributed by atoms with E-state index < -0.39 is 11.5 Å². The molecule has 2 saturated carbocycles. The molecule has 1 aromatic heterocycles. The Morgan fingerprint density at radius 3 is 2.81 bits per heavy atom. The van der Waals surface area contributed by atoms with Gasteiger partial charge in [0.15, 0.2) is 0 Å². The van der Waals surface area contributed by atoms with Crippen LogP contribution in [0.5, 0.6) is 0 Å². The number of aliphatic hydroxyl groups is 2. The first-order chi connectivity index (χ1) is 14.8. The van der Waals surface area contributed by atoms with Crippen LogP contribution >= 0.6 is 11.8 Å². The standard InChI is InChI=1S/C25H33NO4S/c1-16-7-8-20-24(2,11-9-21(28)25(20,3)15-27)18(16)14-19(17-10-13-30-23(17)29)31-22-6-4-5-12-26-22/h4-6,10,12,18-21,27-28H,1,7-9,11,13-15H2,2-3H3/t18-,19?,20+,21-,24+,25+/m1/s1. The number of aliphatic hydroxyl groups excluding tert-OH is 2. The van der Waals surface area contributed by atoms with E-state index in [1.54, 1.807) is 18.0 Å². The molecule has 5 nitrogen and oxygen atoms in total. The fourth-order valence-corrected chi connectivity index (χ4v) is 7.47. The molecular formula is C25H33NO4S. The number of esters is 1. The molecular weight excluding hydrogens is 410 g/mol. The smallest absolute Gasteiger partial charge is 0.335 e. The second kappa shape index (κ2) is 8.72. The first-order valence-electron chi connectivity index (χ1n) is 11.2. The van der Waals surface area contributed by atoms with Crippen LogP contribution in [-0.2, 0) is 9.53 Å². The Labute approximate surface area is 189 Å². The van der Waals surface area contributed by atoms with Gasteiger partial charge in [-0.25, -0.2) is 9.78 Å². The molecule has 6 atom stereocenters. The van der Waals surface area contributed by atoms with Crippen LogP contribution in [0.25, 0.3) is 0 Å². The molecule has 1 aromatic rings. The summed E-state index contributed by atoms with van der Waals surface area (Å²) in [6.45, 7) is 9.09. The molecule has 0 aromatic carbocycles. The van der Waals surface area contributed by atoms with Crippen molar-refractivity contribution in [3.05, 3.63) is 48.2 Å². The van der Waals surface area contributed by atoms with Crippen LogP contribution in [0, 0.1) is 22.7 Å². The lowest BCUT2D eigenvalue weighted by Crippen LogP contribution is -2.57. The second-order valence-electron chi connectivity index (χ2n) is 9.79. The highest BCUT2D eigenvalue weighted by Gasteiger charge is 2.58. The number of aromatic nitrogens is 1. The summed E-state index contributed by atoms with van der Waals surface area (Å²) in [5.41, 5.74) is 1.34. The number of nitrogens with zero attached hydrogens (tertiary/aromatic N) is 1. The van der Waals surface area contributed by atoms with Gasteiger partial charge in [-0.3, -0.25) is 0 Å². The SMILES string of the molecule is C=C1CC[C@@H]2[C@](C)(CO)[C@H](O)CC[C@@]2(C)[C@@H]1CC(Sc1ccccn1)C1=CCOC1=O. The number of carbonyl (C=O) groups excluding carboxylic acids is 1. The number of ether oxygens (including phenoxy) is 1. The van der Waals surface area contributed by atoms with Crippen LogP contribution in [0.2, 0.25) is 0 Å². The molecule has 1 aliphatic heterocycles. The highest BCUT2D eigenvalue weighted by Crippen LogP contribution is 2.62. The van der Waals surface area contributed by atoms with Gasteiger partial charge in [0.25, 0.3) is 0 Å². The normalized spacial score (nSPS) is 36.5. The van der Waals surface area contributed by atoms with Crippen LogP contribution in [0.1, 0.15) is 46.0 Å². The lowest BCUT2D eigenvalue weighted by atomic mass is 9.46. The summed E-state index contributed by atoms with van der Waals surface area (Å²) in [5, 5.41) is 21.8. The van der Waals surface area contributed by atoms with E-state index in [-0.39, 0.29) is 35.1 Å². The zero-order chi connectivity index (χ0) is 22.2. The first kappa shape index (κ1) is 22.6. The van der Waals surface area contributed by atoms with E-state index in [1.807, 2.05) is 31.2 Å². The van der Waals surface area contributed by atoms with Crippen LogP contribution in [-0.4, -0.2) is 45.7 Å². The number of hydrogen-bond donors (Lipinski definition) is 2. The van der Waals surface area contributed by atoms with Crippen molar-refractivity contribution in [2.45, 2.75) is 62.3 Å². The lowest BCUT2D eigenvalue weighted by Gasteiger charge is -2.60. The summed E-state index contributed by atoms with van der Waals surface area (Å²) in [4.78, 5) is 16.9. The van der Waals surface area contributed by atoms with E-state index in [2.05, 4.69) is 18.5 Å². The maximum Gasteiger partial charge on any atom is 0.335 e. The van der Waals surface area contributed by atoms with Gasteiger partial charge in [0, 0.05) is 22.4 Å². The fourth-order valence-electron chi connectivity index (χ4n) is 6.29. The van der Waals surface area contributed by atoms with E-state index >= 15 is 0 Å². The van der Waals surface area contributed by atoms with E-state index in [9.17, 15) is 15.0 Å². The lowest BCUT2D eigenvalue weighted by molar-refractivity contribution is -0.152. The van der Waals surface area contributed by atoms with Crippen molar-refractivity contribution in [1.82, 2.24) is 4.98 Å². The molecule has 4 rings (SSSR count). The van der Waals surface area contributed by atoms with Gasteiger partial charge in [0.1, 0.15) is 6.61 Å². The fraction of sp³-hybridized carbons (Fsp3) is 0.600. The van der Waals surface area contributed by atoms with Gasteiger partial charge in [-0.15, -0.1) is 0 Å². The van der Waals surface area contributed by atoms with Crippen LogP contribution in [0.4, 0.5) is 0 Å². The highest BCUT2D eigenvalue weighted by atomic mass is 32.2. The topological polar surface area (TPSA) is 79.7 Å². The molecule has 2 heterocycles. The second-order valence-corrected chi connectivity index (χ2v) is 11.0. The molecule has 0 saturated heterocycles. The summed E-state index contributed by atoms with van der Waals surface area (Å²) in [6, 6.07) is 5.82. The monoisotopic (exact) mass is 443 g/mol. The molecule has 0 amide bonds. The molecule has 0 spiro atoms. The van der Waals surface area contributed by atoms with Crippen LogP contribution in [0.3, 0.4) is 0 Å². The minimum Gasteiger partial charge on any atom is -0.458 e. The third-order valence-corrected chi connectivity index (χ3v) is 9.36. The molecule has 0 radical (unpaired) electrons. The number of pyridine rings is 1. The third kappa shape index (κ3) is 3.98. The Morgan fingerprint density at radius 2 is 2.16 bits per heavy atom. The Morgan fingerprint density at radius 1 is 1.35 bits per heavy atom. The molecule has 1 unspecified atom stereocenters. The minimum atomic E-state index is -0.513. The summed E-state index contributed by atoms with van der Waals surface area (Å²) >= 11 is 1.61. The van der Waals surface area contributed by atoms with Gasteiger partial charge in [-0.05, 0) is 67.6 Å². The zero-order valence-electron chi connectivity index (χ0n) is 18.4. The molecule has 2 fully saturated rings. The molecule has 0 bridgehead atoms. The van der Waals surface area contributed by atoms with Crippen LogP contribution < -0.4 is 0 Å². The van der Waals surface area contributed by atoms with Crippen molar-refractivity contribution in [2.24, 2.45) is 22.7 Å². The summed E-state index contributed by atoms with van der Waals surface area (Å²) < 4.78 is 5.24. The molecule has 2 aliphatic carbocycles. The predicted molar refractivity (Wildman–Crippen MR) is 121 cm³/mol. The van der Waals surface area contributed by atoms with Crippen molar-refractivity contribution >= 4 is 17.7 Å². The average Bonchev–Trinajstić information content (AvgIpc) is 3.19. The summed E-state index contributed by atoms with van der Waals surface area (Å²) in [6.07, 6.45) is 7.34. The van der Waals surface area contributed by atoms with Crippen molar-refractivity contribution in [3.8, 4) is 0 Å². The number of fused-ring (bicyclic) bond motifs is 1. The van der Waals surface area contributed by atoms with Crippen LogP contribution in [0.15, 0.2) is 53.2 Å². The van der Waals surface area contributed by atoms with Gasteiger partial charge in [0.05, 0.1) is 17.7 Å². The van der Waals surface area contributed by atoms with Gasteiger partial charge in [-0.1, -0.05) is 43.8 Å². The highest BCUT2D eigenvalue weighted by molar-refractivity contribution is 8.00. The number of allylic oxidation sites excluding steroid dienone is 1. The number of thioether (sulfide) groups is 1. The van der Waals surface area contributed by atoms with E-state index in [0.29, 0.717) is 13.0 Å². The average molecular weight is 444 g/mol. The van der Waals surface area contributed by atoms with Gasteiger partial charge in [0.2, 0.25) is 0 Å². The van der Waals surface area contributed by atoms with E-state index in [4.69, 9.17) is 4.74 Å². The number of carbonyl (C=O) groups is 1. The molecule has 168 valence electrons. The molecule has 2 N–H and O–H groups in total. The number of rotatable bonds is 6. The number of hydrogen-bond acceptors (Lipinski definition) is 6. The van der Waals surface area contributed by atoms with Crippen molar-refractivity contribution in [3.63, 3.8) is 0 Å². The van der Waals surface area contributed by atoms with Crippen molar-refractivity contribution in [1.29, 1.82) is 0 Å². The van der Waals surface area contributed by atoms with E-state index in [0.717, 1.165) is 36.3 Å². The largest absolute Gasteiger partial charge is 0.458 e. The molecule has 3 aliphatic rings. The van der Waals surface area contributed by atoms with Gasteiger partial charge < -0.3 is 14.9 Å². The Hall–Kier alpha value is -1.63. The Kier molecular flexibility index (Phi) is 6.35. The van der Waals surface area contributed by atoms with Gasteiger partial charge >= 0.3 is 5.97 Å². The molecule has 6 heteroatoms. The Bertz CT molecular complexity index is 872.